The molecular weight excluding hydrogens is 270 g/mol. The van der Waals surface area contributed by atoms with Crippen molar-refractivity contribution >= 4 is 17.7 Å². The van der Waals surface area contributed by atoms with Gasteiger partial charge in [-0.25, -0.2) is 0 Å². The Balaban J connectivity index is 2.08. The van der Waals surface area contributed by atoms with Crippen LogP contribution in [-0.2, 0) is 16.0 Å². The lowest BCUT2D eigenvalue weighted by atomic mass is 9.96. The third-order valence-electron chi connectivity index (χ3n) is 3.80. The quantitative estimate of drug-likeness (QED) is 0.818. The topological polar surface area (TPSA) is 106 Å². The van der Waals surface area contributed by atoms with Crippen molar-refractivity contribution in [3.63, 3.8) is 0 Å². The summed E-state index contributed by atoms with van der Waals surface area (Å²) >= 11 is 0. The number of carbonyl (C=O) groups is 3. The number of piperidine rings is 1. The minimum Gasteiger partial charge on any atom is -0.369 e. The van der Waals surface area contributed by atoms with Crippen molar-refractivity contribution in [3.8, 4) is 0 Å². The van der Waals surface area contributed by atoms with Crippen molar-refractivity contribution in [2.45, 2.75) is 19.3 Å². The van der Waals surface area contributed by atoms with Crippen LogP contribution in [0.25, 0.3) is 0 Å². The molecule has 1 aliphatic heterocycles. The van der Waals surface area contributed by atoms with Crippen LogP contribution < -0.4 is 11.5 Å². The molecule has 0 unspecified atom stereocenters. The number of amides is 3. The van der Waals surface area contributed by atoms with E-state index in [2.05, 4.69) is 0 Å². The Bertz CT molecular complexity index is 571. The maximum atomic E-state index is 12.3. The second-order valence-electron chi connectivity index (χ2n) is 5.28. The van der Waals surface area contributed by atoms with Crippen molar-refractivity contribution in [1.82, 2.24) is 4.90 Å². The molecule has 1 heterocycles. The molecule has 0 saturated carbocycles. The average molecular weight is 289 g/mol. The summed E-state index contributed by atoms with van der Waals surface area (Å²) in [5, 5.41) is 0. The van der Waals surface area contributed by atoms with Gasteiger partial charge >= 0.3 is 0 Å². The largest absolute Gasteiger partial charge is 0.369 e. The normalized spacial score (nSPS) is 18.3. The first kappa shape index (κ1) is 15.0. The predicted octanol–water partition coefficient (Wildman–Crippen LogP) is 0.0519. The summed E-state index contributed by atoms with van der Waals surface area (Å²) in [6.45, 7) is 0.967. The lowest BCUT2D eigenvalue weighted by Crippen LogP contribution is -2.44. The Morgan fingerprint density at radius 2 is 1.90 bits per heavy atom. The van der Waals surface area contributed by atoms with Crippen LogP contribution in [0.2, 0.25) is 0 Å². The van der Waals surface area contributed by atoms with Gasteiger partial charge in [0.15, 0.2) is 0 Å². The second-order valence-corrected chi connectivity index (χ2v) is 5.28. The summed E-state index contributed by atoms with van der Waals surface area (Å²) in [5.41, 5.74) is 11.6. The molecule has 0 aliphatic carbocycles. The van der Waals surface area contributed by atoms with Crippen LogP contribution in [0.1, 0.15) is 28.8 Å². The highest BCUT2D eigenvalue weighted by molar-refractivity contribution is 5.95. The first-order valence-electron chi connectivity index (χ1n) is 6.94. The van der Waals surface area contributed by atoms with Crippen LogP contribution in [0, 0.1) is 5.92 Å². The number of hydrogen-bond donors (Lipinski definition) is 2. The first-order valence-corrected chi connectivity index (χ1v) is 6.94. The van der Waals surface area contributed by atoms with E-state index in [0.717, 1.165) is 12.8 Å². The second kappa shape index (κ2) is 6.39. The summed E-state index contributed by atoms with van der Waals surface area (Å²) in [6, 6.07) is 6.79. The molecule has 0 bridgehead atoms. The fourth-order valence-corrected chi connectivity index (χ4v) is 2.63. The Labute approximate surface area is 123 Å². The minimum absolute atomic E-state index is 0.102. The molecule has 2 rings (SSSR count). The highest BCUT2D eigenvalue weighted by Gasteiger charge is 2.27. The van der Waals surface area contributed by atoms with Gasteiger partial charge in [0.2, 0.25) is 17.7 Å². The first-order chi connectivity index (χ1) is 9.99. The van der Waals surface area contributed by atoms with E-state index in [0.29, 0.717) is 24.2 Å². The number of primary amides is 2. The summed E-state index contributed by atoms with van der Waals surface area (Å²) in [6.07, 6.45) is 1.58. The lowest BCUT2D eigenvalue weighted by molar-refractivity contribution is -0.134. The summed E-state index contributed by atoms with van der Waals surface area (Å²) in [7, 11) is 0. The van der Waals surface area contributed by atoms with Crippen molar-refractivity contribution in [2.24, 2.45) is 17.4 Å². The molecule has 0 spiro atoms. The van der Waals surface area contributed by atoms with Gasteiger partial charge in [0.1, 0.15) is 0 Å². The maximum absolute atomic E-state index is 12.3. The maximum Gasteiger partial charge on any atom is 0.248 e. The highest BCUT2D eigenvalue weighted by Crippen LogP contribution is 2.18. The monoisotopic (exact) mass is 289 g/mol. The molecule has 6 heteroatoms. The zero-order valence-corrected chi connectivity index (χ0v) is 11.7. The van der Waals surface area contributed by atoms with Crippen LogP contribution >= 0.6 is 0 Å². The van der Waals surface area contributed by atoms with Gasteiger partial charge < -0.3 is 16.4 Å². The molecule has 21 heavy (non-hydrogen) atoms. The van der Waals surface area contributed by atoms with E-state index >= 15 is 0 Å². The fraction of sp³-hybridized carbons (Fsp3) is 0.400. The Kier molecular flexibility index (Phi) is 4.57. The van der Waals surface area contributed by atoms with Crippen molar-refractivity contribution in [2.75, 3.05) is 13.1 Å². The Morgan fingerprint density at radius 3 is 2.57 bits per heavy atom. The molecule has 3 amide bonds. The lowest BCUT2D eigenvalue weighted by Gasteiger charge is -2.31. The number of nitrogens with zero attached hydrogens (tertiary/aromatic N) is 1. The number of carbonyl (C=O) groups excluding carboxylic acids is 3. The SMILES string of the molecule is NC(=O)c1ccccc1CC(=O)N1CCC[C@H](C(N)=O)C1. The smallest absolute Gasteiger partial charge is 0.248 e. The Morgan fingerprint density at radius 1 is 1.19 bits per heavy atom. The van der Waals surface area contributed by atoms with Gasteiger partial charge in [0, 0.05) is 18.7 Å². The van der Waals surface area contributed by atoms with Gasteiger partial charge in [-0.3, -0.25) is 14.4 Å². The van der Waals surface area contributed by atoms with E-state index in [4.69, 9.17) is 11.5 Å². The molecule has 1 fully saturated rings. The molecule has 1 atom stereocenters. The van der Waals surface area contributed by atoms with Crippen LogP contribution in [-0.4, -0.2) is 35.7 Å². The van der Waals surface area contributed by atoms with Crippen molar-refractivity contribution in [3.05, 3.63) is 35.4 Å². The van der Waals surface area contributed by atoms with Crippen molar-refractivity contribution < 1.29 is 14.4 Å². The van der Waals surface area contributed by atoms with E-state index in [1.165, 1.54) is 0 Å². The van der Waals surface area contributed by atoms with Gasteiger partial charge in [0.05, 0.1) is 12.3 Å². The molecule has 0 radical (unpaired) electrons. The zero-order chi connectivity index (χ0) is 15.4. The minimum atomic E-state index is -0.549. The van der Waals surface area contributed by atoms with Gasteiger partial charge in [-0.05, 0) is 24.5 Å². The van der Waals surface area contributed by atoms with E-state index < -0.39 is 5.91 Å². The van der Waals surface area contributed by atoms with Crippen LogP contribution in [0.15, 0.2) is 24.3 Å². The molecule has 6 nitrogen and oxygen atoms in total. The van der Waals surface area contributed by atoms with Crippen LogP contribution in [0.4, 0.5) is 0 Å². The molecule has 4 N–H and O–H groups in total. The van der Waals surface area contributed by atoms with E-state index in [1.54, 1.807) is 29.2 Å². The summed E-state index contributed by atoms with van der Waals surface area (Å²) < 4.78 is 0. The van der Waals surface area contributed by atoms with E-state index in [1.807, 2.05) is 0 Å². The average Bonchev–Trinajstić information content (AvgIpc) is 2.47. The van der Waals surface area contributed by atoms with E-state index in [-0.39, 0.29) is 24.2 Å². The van der Waals surface area contributed by atoms with Gasteiger partial charge in [-0.1, -0.05) is 18.2 Å². The predicted molar refractivity (Wildman–Crippen MR) is 77.2 cm³/mol. The molecule has 1 aromatic carbocycles. The van der Waals surface area contributed by atoms with Gasteiger partial charge in [0.25, 0.3) is 0 Å². The van der Waals surface area contributed by atoms with Crippen LogP contribution in [0.5, 0.6) is 0 Å². The number of nitrogens with two attached hydrogens (primary N) is 2. The number of benzene rings is 1. The molecular formula is C15H19N3O3. The molecule has 112 valence electrons. The number of rotatable bonds is 4. The summed E-state index contributed by atoms with van der Waals surface area (Å²) in [5.74, 6) is -1.32. The molecule has 1 aliphatic rings. The van der Waals surface area contributed by atoms with Gasteiger partial charge in [-0.2, -0.15) is 0 Å². The number of likely N-dealkylation sites (tertiary alicyclic amines) is 1. The van der Waals surface area contributed by atoms with Crippen molar-refractivity contribution in [1.29, 1.82) is 0 Å². The van der Waals surface area contributed by atoms with Gasteiger partial charge in [-0.15, -0.1) is 0 Å². The Hall–Kier alpha value is -2.37. The summed E-state index contributed by atoms with van der Waals surface area (Å²) in [4.78, 5) is 36.6. The molecule has 1 aromatic rings. The fourth-order valence-electron chi connectivity index (χ4n) is 2.63. The third-order valence-corrected chi connectivity index (χ3v) is 3.80. The molecule has 1 saturated heterocycles. The zero-order valence-electron chi connectivity index (χ0n) is 11.7. The third kappa shape index (κ3) is 3.59. The number of hydrogen-bond acceptors (Lipinski definition) is 3. The van der Waals surface area contributed by atoms with Crippen LogP contribution in [0.3, 0.4) is 0 Å². The molecule has 0 aromatic heterocycles. The van der Waals surface area contributed by atoms with E-state index in [9.17, 15) is 14.4 Å². The highest BCUT2D eigenvalue weighted by atomic mass is 16.2. The standard InChI is InChI=1S/C15H19N3O3/c16-14(20)11-5-3-7-18(9-11)13(19)8-10-4-1-2-6-12(10)15(17)21/h1-2,4,6,11H,3,5,7-9H2,(H2,16,20)(H2,17,21)/t11-/m0/s1.